The topological polar surface area (TPSA) is 91.4 Å². The number of hydrogen-bond acceptors (Lipinski definition) is 8. The minimum atomic E-state index is -2.50. The molecule has 0 atom stereocenters. The van der Waals surface area contributed by atoms with Crippen LogP contribution in [0.3, 0.4) is 0 Å². The van der Waals surface area contributed by atoms with E-state index in [-0.39, 0.29) is 0 Å². The van der Waals surface area contributed by atoms with Crippen molar-refractivity contribution in [2.24, 2.45) is 0 Å². The first-order valence-corrected chi connectivity index (χ1v) is 15.7. The van der Waals surface area contributed by atoms with Crippen LogP contribution >= 0.6 is 18.7 Å². The highest BCUT2D eigenvalue weighted by molar-refractivity contribution is 7.70. The fourth-order valence-electron chi connectivity index (χ4n) is 5.17. The maximum absolute atomic E-state index is 12.8. The van der Waals surface area contributed by atoms with Crippen molar-refractivity contribution in [3.8, 4) is 5.75 Å². The Hall–Kier alpha value is -2.64. The average molecular weight is 541 g/mol. The minimum absolute atomic E-state index is 0.373. The molecule has 3 aromatic rings. The second kappa shape index (κ2) is 11.0. The lowest BCUT2D eigenvalue weighted by molar-refractivity contribution is 0.147. The molecule has 2 aliphatic rings. The van der Waals surface area contributed by atoms with Crippen molar-refractivity contribution in [3.63, 3.8) is 0 Å². The summed E-state index contributed by atoms with van der Waals surface area (Å²) in [5.74, 6) is 1.59. The molecule has 2 aromatic carbocycles. The Kier molecular flexibility index (Phi) is 7.72. The number of rotatable bonds is 7. The SMILES string of the molecule is COc1cc2c(cc1Nc1ncc(Cl)c(Nc3ccccc3P(C)(C)=O)n1)CCN(C1CCNCC1)C2. The number of para-hydroxylation sites is 1. The molecule has 0 bridgehead atoms. The van der Waals surface area contributed by atoms with Crippen LogP contribution < -0.4 is 26.0 Å². The Morgan fingerprint density at radius 1 is 1.11 bits per heavy atom. The van der Waals surface area contributed by atoms with Crippen molar-refractivity contribution in [1.29, 1.82) is 0 Å². The van der Waals surface area contributed by atoms with Gasteiger partial charge in [-0.3, -0.25) is 4.90 Å². The molecule has 1 saturated heterocycles. The van der Waals surface area contributed by atoms with Crippen LogP contribution in [-0.2, 0) is 17.5 Å². The Balaban J connectivity index is 1.37. The van der Waals surface area contributed by atoms with Crippen molar-refractivity contribution < 1.29 is 9.30 Å². The Labute approximate surface area is 223 Å². The fourth-order valence-corrected chi connectivity index (χ4v) is 6.46. The summed E-state index contributed by atoms with van der Waals surface area (Å²) in [5, 5.41) is 11.2. The number of halogens is 1. The van der Waals surface area contributed by atoms with Gasteiger partial charge in [0.1, 0.15) is 17.9 Å². The number of ether oxygens (including phenoxy) is 1. The van der Waals surface area contributed by atoms with Gasteiger partial charge >= 0.3 is 0 Å². The lowest BCUT2D eigenvalue weighted by Gasteiger charge is -2.38. The molecule has 196 valence electrons. The Bertz CT molecular complexity index is 1320. The van der Waals surface area contributed by atoms with Crippen LogP contribution in [0.25, 0.3) is 0 Å². The van der Waals surface area contributed by atoms with Crippen LogP contribution in [0.15, 0.2) is 42.6 Å². The highest BCUT2D eigenvalue weighted by Crippen LogP contribution is 2.39. The molecule has 10 heteroatoms. The summed E-state index contributed by atoms with van der Waals surface area (Å²) >= 11 is 6.43. The van der Waals surface area contributed by atoms with Gasteiger partial charge in [0.25, 0.3) is 0 Å². The van der Waals surface area contributed by atoms with E-state index in [0.717, 1.165) is 49.3 Å². The van der Waals surface area contributed by atoms with Gasteiger partial charge in [-0.05, 0) is 81.1 Å². The maximum atomic E-state index is 12.8. The van der Waals surface area contributed by atoms with E-state index >= 15 is 0 Å². The first-order valence-electron chi connectivity index (χ1n) is 12.7. The number of nitrogens with one attached hydrogen (secondary N) is 3. The monoisotopic (exact) mass is 540 g/mol. The molecule has 37 heavy (non-hydrogen) atoms. The lowest BCUT2D eigenvalue weighted by atomic mass is 9.95. The van der Waals surface area contributed by atoms with Crippen LogP contribution in [0.1, 0.15) is 24.0 Å². The molecular formula is C27H34ClN6O2P. The number of nitrogens with zero attached hydrogens (tertiary/aromatic N) is 3. The van der Waals surface area contributed by atoms with Crippen molar-refractivity contribution in [1.82, 2.24) is 20.2 Å². The van der Waals surface area contributed by atoms with Crippen LogP contribution in [0, 0.1) is 0 Å². The molecule has 1 fully saturated rings. The maximum Gasteiger partial charge on any atom is 0.229 e. The molecule has 3 N–H and O–H groups in total. The van der Waals surface area contributed by atoms with E-state index in [1.807, 2.05) is 24.3 Å². The molecule has 0 aliphatic carbocycles. The zero-order valence-corrected chi connectivity index (χ0v) is 23.2. The number of piperidine rings is 1. The summed E-state index contributed by atoms with van der Waals surface area (Å²) in [6.45, 7) is 7.69. The van der Waals surface area contributed by atoms with Crippen LogP contribution in [0.5, 0.6) is 5.75 Å². The molecule has 0 radical (unpaired) electrons. The van der Waals surface area contributed by atoms with Gasteiger partial charge in [0.2, 0.25) is 5.95 Å². The van der Waals surface area contributed by atoms with Gasteiger partial charge in [-0.1, -0.05) is 23.7 Å². The smallest absolute Gasteiger partial charge is 0.229 e. The number of methoxy groups -OCH3 is 1. The van der Waals surface area contributed by atoms with Gasteiger partial charge in [0, 0.05) is 24.4 Å². The highest BCUT2D eigenvalue weighted by atomic mass is 35.5. The van der Waals surface area contributed by atoms with Gasteiger partial charge in [-0.15, -0.1) is 0 Å². The Morgan fingerprint density at radius 3 is 2.65 bits per heavy atom. The Morgan fingerprint density at radius 2 is 1.89 bits per heavy atom. The second-order valence-corrected chi connectivity index (χ2v) is 13.6. The fraction of sp³-hybridized carbons (Fsp3) is 0.407. The lowest BCUT2D eigenvalue weighted by Crippen LogP contribution is -2.45. The van der Waals surface area contributed by atoms with Gasteiger partial charge in [0.05, 0.1) is 24.7 Å². The molecule has 1 aromatic heterocycles. The summed E-state index contributed by atoms with van der Waals surface area (Å²) in [5.41, 5.74) is 4.16. The number of anilines is 4. The molecule has 0 saturated carbocycles. The van der Waals surface area contributed by atoms with E-state index in [2.05, 4.69) is 43.0 Å². The second-order valence-electron chi connectivity index (χ2n) is 10.0. The van der Waals surface area contributed by atoms with E-state index in [1.54, 1.807) is 26.6 Å². The number of aromatic nitrogens is 2. The van der Waals surface area contributed by atoms with E-state index in [1.165, 1.54) is 24.0 Å². The summed E-state index contributed by atoms with van der Waals surface area (Å²) < 4.78 is 18.5. The summed E-state index contributed by atoms with van der Waals surface area (Å²) in [6, 6.07) is 12.4. The molecule has 0 amide bonds. The third-order valence-corrected chi connectivity index (χ3v) is 8.94. The van der Waals surface area contributed by atoms with Gasteiger partial charge in [-0.25, -0.2) is 4.98 Å². The van der Waals surface area contributed by atoms with E-state index in [0.29, 0.717) is 28.5 Å². The molecule has 3 heterocycles. The van der Waals surface area contributed by atoms with Gasteiger partial charge in [-0.2, -0.15) is 4.98 Å². The van der Waals surface area contributed by atoms with Crippen LogP contribution in [-0.4, -0.2) is 61.0 Å². The van der Waals surface area contributed by atoms with Crippen LogP contribution in [0.4, 0.5) is 23.1 Å². The van der Waals surface area contributed by atoms with Crippen molar-refractivity contribution in [3.05, 3.63) is 58.7 Å². The number of hydrogen-bond donors (Lipinski definition) is 3. The quantitative estimate of drug-likeness (QED) is 0.361. The van der Waals surface area contributed by atoms with Gasteiger partial charge in [0.15, 0.2) is 5.82 Å². The van der Waals surface area contributed by atoms with E-state index in [9.17, 15) is 4.57 Å². The highest BCUT2D eigenvalue weighted by Gasteiger charge is 2.26. The zero-order chi connectivity index (χ0) is 26.0. The van der Waals surface area contributed by atoms with Gasteiger partial charge < -0.3 is 25.3 Å². The molecule has 5 rings (SSSR count). The minimum Gasteiger partial charge on any atom is -0.495 e. The first kappa shape index (κ1) is 26.0. The van der Waals surface area contributed by atoms with E-state index < -0.39 is 7.14 Å². The molecule has 8 nitrogen and oxygen atoms in total. The molecule has 0 spiro atoms. The van der Waals surface area contributed by atoms with E-state index in [4.69, 9.17) is 16.3 Å². The zero-order valence-electron chi connectivity index (χ0n) is 21.6. The number of benzene rings is 2. The molecule has 2 aliphatic heterocycles. The van der Waals surface area contributed by atoms with Crippen molar-refractivity contribution in [2.45, 2.75) is 31.8 Å². The third-order valence-electron chi connectivity index (χ3n) is 7.12. The van der Waals surface area contributed by atoms with Crippen LogP contribution in [0.2, 0.25) is 5.02 Å². The first-order chi connectivity index (χ1) is 17.8. The summed E-state index contributed by atoms with van der Waals surface area (Å²) in [6.07, 6.45) is 4.96. The normalized spacial score (nSPS) is 16.8. The molecular weight excluding hydrogens is 507 g/mol. The van der Waals surface area contributed by atoms with Crippen molar-refractivity contribution >= 4 is 47.2 Å². The standard InChI is InChI=1S/C27H34ClN6O2P/c1-36-24-15-19-17-34(20-8-11-29-12-9-20)13-10-18(19)14-23(24)32-27-30-16-21(28)26(33-27)31-22-6-4-5-7-25(22)37(2,3)35/h4-7,14-16,20,29H,8-13,17H2,1-3H3,(H2,30,31,32,33). The predicted octanol–water partition coefficient (Wildman–Crippen LogP) is 4.98. The van der Waals surface area contributed by atoms with Crippen molar-refractivity contribution in [2.75, 3.05) is 50.7 Å². The predicted molar refractivity (Wildman–Crippen MR) is 152 cm³/mol. The largest absolute Gasteiger partial charge is 0.495 e. The number of fused-ring (bicyclic) bond motifs is 1. The third kappa shape index (κ3) is 5.93. The average Bonchev–Trinajstić information content (AvgIpc) is 2.90. The molecule has 0 unspecified atom stereocenters. The summed E-state index contributed by atoms with van der Waals surface area (Å²) in [4.78, 5) is 11.6. The summed E-state index contributed by atoms with van der Waals surface area (Å²) in [7, 11) is -0.817.